The molecule has 2 fully saturated rings. The van der Waals surface area contributed by atoms with Crippen molar-refractivity contribution in [2.24, 2.45) is 0 Å². The minimum atomic E-state index is -1.36. The van der Waals surface area contributed by atoms with Gasteiger partial charge in [-0.15, -0.1) is 11.8 Å². The van der Waals surface area contributed by atoms with E-state index in [-0.39, 0.29) is 59.7 Å². The number of likely N-dealkylation sites (N-methyl/N-ethyl adjacent to an activating group) is 1. The van der Waals surface area contributed by atoms with Crippen molar-refractivity contribution >= 4 is 32.1 Å². The van der Waals surface area contributed by atoms with Gasteiger partial charge in [-0.2, -0.15) is 0 Å². The number of fused-ring (bicyclic) bond motifs is 9. The van der Waals surface area contributed by atoms with Gasteiger partial charge >= 0.3 is 11.9 Å². The number of carbonyl (C=O) groups is 2. The molecular weight excluding hydrogens is 741 g/mol. The van der Waals surface area contributed by atoms with E-state index in [4.69, 9.17) is 28.4 Å². The summed E-state index contributed by atoms with van der Waals surface area (Å²) >= 11 is 1.47. The maximum Gasteiger partial charge on any atom is 0.331 e. The number of piperazine rings is 1. The van der Waals surface area contributed by atoms with Crippen LogP contribution in [0.1, 0.15) is 77.6 Å². The van der Waals surface area contributed by atoms with Gasteiger partial charge in [-0.3, -0.25) is 19.9 Å². The Labute approximate surface area is 333 Å². The Morgan fingerprint density at radius 2 is 1.79 bits per heavy atom. The van der Waals surface area contributed by atoms with Crippen LogP contribution in [0.15, 0.2) is 18.2 Å². The molecule has 1 spiro atoms. The number of esters is 2. The van der Waals surface area contributed by atoms with Crippen LogP contribution in [0, 0.1) is 13.8 Å². The normalized spacial score (nSPS) is 28.4. The first-order valence-electron chi connectivity index (χ1n) is 18.1. The average Bonchev–Trinajstić information content (AvgIpc) is 3.63. The van der Waals surface area contributed by atoms with Crippen molar-refractivity contribution in [1.82, 2.24) is 15.1 Å². The number of methoxy groups -OCH3 is 2. The average molecular weight is 791 g/mol. The van der Waals surface area contributed by atoms with Crippen LogP contribution in [0.4, 0.5) is 0 Å². The number of benzene rings is 3. The van der Waals surface area contributed by atoms with E-state index >= 15 is 0 Å². The van der Waals surface area contributed by atoms with Crippen molar-refractivity contribution in [2.75, 3.05) is 47.0 Å². The molecule has 0 saturated carbocycles. The van der Waals surface area contributed by atoms with Crippen molar-refractivity contribution in [3.8, 4) is 40.2 Å². The predicted octanol–water partition coefficient (Wildman–Crippen LogP) is 3.91. The van der Waals surface area contributed by atoms with Crippen LogP contribution in [0.2, 0.25) is 0 Å². The topological polar surface area (TPSA) is 169 Å². The fourth-order valence-electron chi connectivity index (χ4n) is 10.00. The van der Waals surface area contributed by atoms with Crippen molar-refractivity contribution < 1.29 is 54.8 Å². The van der Waals surface area contributed by atoms with Gasteiger partial charge in [0, 0.05) is 57.4 Å². The zero-order valence-electron chi connectivity index (χ0n) is 31.4. The quantitative estimate of drug-likeness (QED) is 0.171. The molecule has 4 N–H and O–H groups in total. The summed E-state index contributed by atoms with van der Waals surface area (Å²) < 4.78 is 35.9. The van der Waals surface area contributed by atoms with E-state index in [1.54, 1.807) is 12.1 Å². The van der Waals surface area contributed by atoms with Crippen molar-refractivity contribution in [3.05, 3.63) is 62.7 Å². The third kappa shape index (κ3) is 5.39. The number of phenolic OH excluding ortho intramolecular Hbond substituents is 2. The van der Waals surface area contributed by atoms with E-state index in [1.165, 1.54) is 32.9 Å². The number of hydrogen-bond acceptors (Lipinski definition) is 15. The van der Waals surface area contributed by atoms with Gasteiger partial charge in [0.1, 0.15) is 18.6 Å². The number of rotatable bonds is 3. The molecule has 7 atom stereocenters. The van der Waals surface area contributed by atoms with Gasteiger partial charge in [0.2, 0.25) is 6.79 Å². The first kappa shape index (κ1) is 39.9. The Morgan fingerprint density at radius 1 is 1.04 bits per heavy atom. The second kappa shape index (κ2) is 14.2. The number of phenols is 2. The van der Waals surface area contributed by atoms with E-state index in [1.807, 2.05) is 31.9 Å². The molecule has 4 bridgehead atoms. The molecule has 3 aromatic carbocycles. The second-order valence-corrected chi connectivity index (χ2v) is 16.1. The van der Waals surface area contributed by atoms with E-state index in [0.29, 0.717) is 70.2 Å². The lowest BCUT2D eigenvalue weighted by Crippen LogP contribution is -2.70. The van der Waals surface area contributed by atoms with Crippen LogP contribution in [0.25, 0.3) is 0 Å². The summed E-state index contributed by atoms with van der Waals surface area (Å²) in [7, 11) is 4.96. The molecule has 7 heterocycles. The summed E-state index contributed by atoms with van der Waals surface area (Å²) in [6.07, 6.45) is -0.0282. The fourth-order valence-corrected chi connectivity index (χ4v) is 11.7. The molecule has 3 radical (unpaired) electrons. The Hall–Kier alpha value is -4.35. The summed E-state index contributed by atoms with van der Waals surface area (Å²) in [5.74, 6) is 0.949. The van der Waals surface area contributed by atoms with Crippen LogP contribution in [-0.2, 0) is 32.7 Å². The van der Waals surface area contributed by atoms with Crippen LogP contribution in [-0.4, -0.2) is 111 Å². The molecule has 3 aromatic rings. The maximum atomic E-state index is 14.7. The summed E-state index contributed by atoms with van der Waals surface area (Å²) in [6, 6.07) is 3.13. The number of aliphatic hydroxyl groups is 1. The SMILES string of the molecule is C.COc1cc2c(cc1O)CCN[C@]21CS[C@@H]2c3c(OC(C)=O)c(C)c4c(c3[C@H](COC1=O)N1[C@@H]2[C@H]2c3c(cc(C)c(OC)c3O)C[C@@H]([C@@H]1O)N2C)OCO4.[B].[HH]. The third-order valence-electron chi connectivity index (χ3n) is 12.3. The molecule has 14 nitrogen and oxygen atoms in total. The fraction of sp³-hybridized carbons (Fsp3) is 0.500. The highest BCUT2D eigenvalue weighted by Crippen LogP contribution is 2.64. The lowest BCUT2D eigenvalue weighted by atomic mass is 9.73. The first-order chi connectivity index (χ1) is 25.9. The number of ether oxygens (including phenoxy) is 6. The molecule has 10 rings (SSSR count). The van der Waals surface area contributed by atoms with Crippen LogP contribution >= 0.6 is 11.8 Å². The van der Waals surface area contributed by atoms with Crippen molar-refractivity contribution in [1.29, 1.82) is 0 Å². The van der Waals surface area contributed by atoms with Gasteiger partial charge in [0.05, 0.1) is 37.6 Å². The molecular formula is C40H49BN3O11S. The number of aryl methyl sites for hydroxylation is 1. The molecule has 0 unspecified atom stereocenters. The lowest BCUT2D eigenvalue weighted by molar-refractivity contribution is -0.186. The Kier molecular flexibility index (Phi) is 10.1. The number of hydrogen-bond donors (Lipinski definition) is 4. The molecule has 16 heteroatoms. The van der Waals surface area contributed by atoms with Gasteiger partial charge in [-0.25, -0.2) is 4.79 Å². The smallest absolute Gasteiger partial charge is 0.331 e. The molecule has 2 saturated heterocycles. The number of carbonyl (C=O) groups excluding carboxylic acids is 2. The number of aromatic hydroxyl groups is 2. The van der Waals surface area contributed by atoms with E-state index in [2.05, 4.69) is 10.2 Å². The van der Waals surface area contributed by atoms with Gasteiger partial charge in [-0.05, 0) is 68.1 Å². The minimum Gasteiger partial charge on any atom is -0.504 e. The van der Waals surface area contributed by atoms with Crippen LogP contribution in [0.5, 0.6) is 40.2 Å². The van der Waals surface area contributed by atoms with Crippen LogP contribution in [0.3, 0.4) is 0 Å². The number of nitrogens with one attached hydrogen (secondary N) is 1. The summed E-state index contributed by atoms with van der Waals surface area (Å²) in [5, 5.41) is 38.2. The van der Waals surface area contributed by atoms with Gasteiger partial charge < -0.3 is 43.7 Å². The monoisotopic (exact) mass is 790 g/mol. The highest BCUT2D eigenvalue weighted by Gasteiger charge is 2.61. The Morgan fingerprint density at radius 3 is 2.50 bits per heavy atom. The highest BCUT2D eigenvalue weighted by molar-refractivity contribution is 7.99. The molecule has 7 aliphatic rings. The van der Waals surface area contributed by atoms with Crippen molar-refractivity contribution in [2.45, 2.75) is 82.2 Å². The second-order valence-electron chi connectivity index (χ2n) is 14.9. The zero-order valence-corrected chi connectivity index (χ0v) is 32.2. The summed E-state index contributed by atoms with van der Waals surface area (Å²) in [4.78, 5) is 31.7. The summed E-state index contributed by atoms with van der Waals surface area (Å²) in [5.41, 5.74) is 4.36. The molecule has 299 valence electrons. The standard InChI is InChI=1S/C39H43N3O11S.CH4.B.H2/c1-16-9-20-10-22-37(46)42-23-13-50-38(47)39(21-12-25(48-5)24(44)11-19(21)7-8-40-39)14-54-36(30(42)29(41(22)4)26(20)31(45)32(16)49-6)28-27(23)35-34(51-15-52-35)17(2)33(28)53-18(3)43;;;/h9,11-12,22-23,29-30,36-37,40,44-46H,7-8,10,13-15H2,1-6H3;1H4;;1H/t22-,23-,29+,30+,36+,37-,39+;;;/m0.../s1. The zero-order chi connectivity index (χ0) is 38.0. The van der Waals surface area contributed by atoms with E-state index in [9.17, 15) is 24.9 Å². The number of nitrogens with zero attached hydrogens (tertiary/aromatic N) is 2. The highest BCUT2D eigenvalue weighted by atomic mass is 32.2. The maximum absolute atomic E-state index is 14.7. The Balaban J connectivity index is 0.00000183. The number of thioether (sulfide) groups is 1. The van der Waals surface area contributed by atoms with Crippen molar-refractivity contribution in [3.63, 3.8) is 0 Å². The predicted molar refractivity (Wildman–Crippen MR) is 209 cm³/mol. The minimum absolute atomic E-state index is 0. The third-order valence-corrected chi connectivity index (χ3v) is 13.7. The largest absolute Gasteiger partial charge is 0.504 e. The molecule has 0 amide bonds. The summed E-state index contributed by atoms with van der Waals surface area (Å²) in [6.45, 7) is 5.26. The number of aliphatic hydroxyl groups excluding tert-OH is 1. The Bertz CT molecular complexity index is 2140. The van der Waals surface area contributed by atoms with E-state index in [0.717, 1.165) is 16.7 Å². The van der Waals surface area contributed by atoms with Gasteiger partial charge in [0.25, 0.3) is 0 Å². The first-order valence-corrected chi connectivity index (χ1v) is 19.1. The molecule has 0 aliphatic carbocycles. The van der Waals surface area contributed by atoms with Crippen LogP contribution < -0.4 is 29.0 Å². The molecule has 0 aromatic heterocycles. The molecule has 56 heavy (non-hydrogen) atoms. The molecule has 7 aliphatic heterocycles. The lowest BCUT2D eigenvalue weighted by Gasteiger charge is -2.62. The van der Waals surface area contributed by atoms with E-state index < -0.39 is 47.1 Å². The van der Waals surface area contributed by atoms with Gasteiger partial charge in [0.15, 0.2) is 40.0 Å². The van der Waals surface area contributed by atoms with Gasteiger partial charge in [-0.1, -0.05) is 13.5 Å².